The van der Waals surface area contributed by atoms with Gasteiger partial charge in [-0.15, -0.1) is 0 Å². The van der Waals surface area contributed by atoms with Crippen LogP contribution >= 0.6 is 0 Å². The number of methoxy groups -OCH3 is 1. The van der Waals surface area contributed by atoms with Crippen LogP contribution in [0.3, 0.4) is 0 Å². The van der Waals surface area contributed by atoms with E-state index >= 15 is 0 Å². The van der Waals surface area contributed by atoms with Crippen molar-refractivity contribution in [2.75, 3.05) is 7.11 Å². The summed E-state index contributed by atoms with van der Waals surface area (Å²) in [6.45, 7) is 4.00. The van der Waals surface area contributed by atoms with Gasteiger partial charge in [0, 0.05) is 30.4 Å². The molecule has 7 nitrogen and oxygen atoms in total. The maximum Gasteiger partial charge on any atom is 0.337 e. The molecule has 1 fully saturated rings. The van der Waals surface area contributed by atoms with Crippen molar-refractivity contribution >= 4 is 11.9 Å². The zero-order valence-electron chi connectivity index (χ0n) is 17.8. The quantitative estimate of drug-likeness (QED) is 0.586. The molecule has 1 saturated carbocycles. The van der Waals surface area contributed by atoms with Gasteiger partial charge in [-0.1, -0.05) is 26.0 Å². The minimum absolute atomic E-state index is 0.179. The summed E-state index contributed by atoms with van der Waals surface area (Å²) in [6.07, 6.45) is 8.44. The van der Waals surface area contributed by atoms with E-state index in [2.05, 4.69) is 9.97 Å². The number of carbonyl (C=O) groups is 2. The molecular formula is C24H26N2O5. The average molecular weight is 422 g/mol. The summed E-state index contributed by atoms with van der Waals surface area (Å²) in [5, 5.41) is 17.5. The second-order valence-corrected chi connectivity index (χ2v) is 6.58. The minimum Gasteiger partial charge on any atom is -0.497 e. The molecule has 0 bridgehead atoms. The number of nitrogens with zero attached hydrogens (tertiary/aromatic N) is 2. The van der Waals surface area contributed by atoms with Crippen molar-refractivity contribution in [3.63, 3.8) is 0 Å². The van der Waals surface area contributed by atoms with E-state index in [-0.39, 0.29) is 5.56 Å². The zero-order chi connectivity index (χ0) is 22.8. The number of aromatic nitrogens is 2. The highest BCUT2D eigenvalue weighted by molar-refractivity contribution is 5.89. The number of ether oxygens (including phenoxy) is 1. The number of benzene rings is 1. The molecule has 0 saturated heterocycles. The molecule has 7 heteroatoms. The Bertz CT molecular complexity index is 1010. The van der Waals surface area contributed by atoms with E-state index in [0.29, 0.717) is 11.5 Å². The van der Waals surface area contributed by atoms with Gasteiger partial charge in [-0.3, -0.25) is 9.97 Å². The van der Waals surface area contributed by atoms with Crippen LogP contribution in [0.25, 0.3) is 11.1 Å². The van der Waals surface area contributed by atoms with Gasteiger partial charge in [0.05, 0.1) is 18.2 Å². The largest absolute Gasteiger partial charge is 0.497 e. The molecule has 2 aromatic heterocycles. The predicted molar refractivity (Wildman–Crippen MR) is 118 cm³/mol. The normalized spacial score (nSPS) is 11.8. The van der Waals surface area contributed by atoms with E-state index in [1.54, 1.807) is 31.6 Å². The van der Waals surface area contributed by atoms with Crippen LogP contribution in [0.1, 0.15) is 58.9 Å². The fourth-order valence-electron chi connectivity index (χ4n) is 2.71. The molecule has 0 unspecified atom stereocenters. The Hall–Kier alpha value is -3.74. The van der Waals surface area contributed by atoms with Crippen molar-refractivity contribution in [2.24, 2.45) is 0 Å². The summed E-state index contributed by atoms with van der Waals surface area (Å²) in [6, 6.07) is 10.7. The number of carboxylic acids is 2. The van der Waals surface area contributed by atoms with E-state index in [4.69, 9.17) is 14.9 Å². The third-order valence-corrected chi connectivity index (χ3v) is 4.46. The molecule has 0 atom stereocenters. The van der Waals surface area contributed by atoms with Crippen LogP contribution in [-0.2, 0) is 0 Å². The van der Waals surface area contributed by atoms with Gasteiger partial charge < -0.3 is 14.9 Å². The molecule has 0 aliphatic heterocycles. The van der Waals surface area contributed by atoms with Crippen LogP contribution in [0.2, 0.25) is 0 Å². The smallest absolute Gasteiger partial charge is 0.337 e. The van der Waals surface area contributed by atoms with Crippen LogP contribution in [0.5, 0.6) is 5.75 Å². The molecule has 0 spiro atoms. The van der Waals surface area contributed by atoms with Gasteiger partial charge in [0.25, 0.3) is 0 Å². The molecule has 3 aromatic rings. The Morgan fingerprint density at radius 2 is 1.39 bits per heavy atom. The van der Waals surface area contributed by atoms with Crippen LogP contribution in [0, 0.1) is 0 Å². The lowest BCUT2D eigenvalue weighted by atomic mass is 10.1. The number of hydrogen-bond donors (Lipinski definition) is 2. The minimum atomic E-state index is -0.979. The number of pyridine rings is 2. The first-order chi connectivity index (χ1) is 15.0. The van der Waals surface area contributed by atoms with E-state index in [9.17, 15) is 9.59 Å². The van der Waals surface area contributed by atoms with Crippen LogP contribution in [0.4, 0.5) is 0 Å². The lowest BCUT2D eigenvalue weighted by molar-refractivity contribution is 0.0685. The van der Waals surface area contributed by atoms with Gasteiger partial charge in [-0.25, -0.2) is 9.59 Å². The first-order valence-corrected chi connectivity index (χ1v) is 9.99. The van der Waals surface area contributed by atoms with E-state index in [1.807, 2.05) is 38.1 Å². The SMILES string of the molecule is CC.COc1ccc(-c2cncc(C(=O)O)c2)cc1.O=C(O)c1cncc(C2CC2)c1. The third-order valence-electron chi connectivity index (χ3n) is 4.46. The van der Waals surface area contributed by atoms with Gasteiger partial charge in [-0.05, 0) is 54.2 Å². The first kappa shape index (κ1) is 23.5. The maximum atomic E-state index is 10.8. The van der Waals surface area contributed by atoms with E-state index in [1.165, 1.54) is 25.2 Å². The Kier molecular flexibility index (Phi) is 8.69. The lowest BCUT2D eigenvalue weighted by Gasteiger charge is -2.04. The molecule has 162 valence electrons. The van der Waals surface area contributed by atoms with Crippen LogP contribution < -0.4 is 4.74 Å². The van der Waals surface area contributed by atoms with Crippen molar-refractivity contribution in [1.82, 2.24) is 9.97 Å². The van der Waals surface area contributed by atoms with E-state index < -0.39 is 11.9 Å². The lowest BCUT2D eigenvalue weighted by Crippen LogP contribution is -1.97. The van der Waals surface area contributed by atoms with Crippen molar-refractivity contribution in [2.45, 2.75) is 32.6 Å². The number of rotatable bonds is 5. The van der Waals surface area contributed by atoms with Gasteiger partial charge in [-0.2, -0.15) is 0 Å². The molecule has 0 radical (unpaired) electrons. The Morgan fingerprint density at radius 3 is 1.90 bits per heavy atom. The van der Waals surface area contributed by atoms with Gasteiger partial charge >= 0.3 is 11.9 Å². The zero-order valence-corrected chi connectivity index (χ0v) is 17.8. The van der Waals surface area contributed by atoms with Gasteiger partial charge in [0.15, 0.2) is 0 Å². The highest BCUT2D eigenvalue weighted by Gasteiger charge is 2.24. The fourth-order valence-corrected chi connectivity index (χ4v) is 2.71. The van der Waals surface area contributed by atoms with Crippen molar-refractivity contribution < 1.29 is 24.5 Å². The Morgan fingerprint density at radius 1 is 0.839 bits per heavy atom. The number of carboxylic acid groups (broad SMARTS) is 2. The van der Waals surface area contributed by atoms with E-state index in [0.717, 1.165) is 22.4 Å². The topological polar surface area (TPSA) is 110 Å². The van der Waals surface area contributed by atoms with Crippen LogP contribution in [-0.4, -0.2) is 39.2 Å². The van der Waals surface area contributed by atoms with Gasteiger partial charge in [0.2, 0.25) is 0 Å². The summed E-state index contributed by atoms with van der Waals surface area (Å²) >= 11 is 0. The first-order valence-electron chi connectivity index (χ1n) is 9.99. The maximum absolute atomic E-state index is 10.8. The monoisotopic (exact) mass is 422 g/mol. The van der Waals surface area contributed by atoms with Gasteiger partial charge in [0.1, 0.15) is 5.75 Å². The average Bonchev–Trinajstić information content (AvgIpc) is 3.67. The molecule has 0 amide bonds. The molecule has 2 heterocycles. The standard InChI is InChI=1S/C13H11NO3.C9H9NO2.C2H6/c1-17-12-4-2-9(3-5-12)10-6-11(13(15)16)8-14-7-10;11-9(12)8-3-7(4-10-5-8)6-1-2-6;1-2/h2-8H,1H3,(H,15,16);3-6H,1-2H2,(H,11,12);1-2H3. The summed E-state index contributed by atoms with van der Waals surface area (Å²) < 4.78 is 5.06. The molecule has 4 rings (SSSR count). The summed E-state index contributed by atoms with van der Waals surface area (Å²) in [5.74, 6) is -0.550. The molecule has 1 aromatic carbocycles. The highest BCUT2D eigenvalue weighted by Crippen LogP contribution is 2.39. The van der Waals surface area contributed by atoms with Crippen LogP contribution in [0.15, 0.2) is 61.2 Å². The Labute approximate surface area is 181 Å². The predicted octanol–water partition coefficient (Wildman–Crippen LogP) is 5.14. The second-order valence-electron chi connectivity index (χ2n) is 6.58. The third kappa shape index (κ3) is 6.92. The van der Waals surface area contributed by atoms with Crippen molar-refractivity contribution in [1.29, 1.82) is 0 Å². The number of hydrogen-bond acceptors (Lipinski definition) is 5. The second kappa shape index (κ2) is 11.4. The summed E-state index contributed by atoms with van der Waals surface area (Å²) in [7, 11) is 1.60. The molecule has 31 heavy (non-hydrogen) atoms. The Balaban J connectivity index is 0.000000214. The fraction of sp³-hybridized carbons (Fsp3) is 0.250. The highest BCUT2D eigenvalue weighted by atomic mass is 16.5. The van der Waals surface area contributed by atoms with Crippen molar-refractivity contribution in [3.8, 4) is 16.9 Å². The summed E-state index contributed by atoms with van der Waals surface area (Å²) in [4.78, 5) is 29.2. The molecule has 2 N–H and O–H groups in total. The molecule has 1 aliphatic rings. The molecule has 1 aliphatic carbocycles. The van der Waals surface area contributed by atoms with Crippen molar-refractivity contribution in [3.05, 3.63) is 77.9 Å². The number of aromatic carboxylic acids is 2. The summed E-state index contributed by atoms with van der Waals surface area (Å²) in [5.41, 5.74) is 3.21. The molecular weight excluding hydrogens is 396 g/mol.